The van der Waals surface area contributed by atoms with Crippen LogP contribution in [0.1, 0.15) is 16.8 Å². The number of nitrogens with zero attached hydrogens (tertiary/aromatic N) is 4. The number of carbonyl (C=O) groups excluding carboxylic acids is 1. The van der Waals surface area contributed by atoms with E-state index in [4.69, 9.17) is 0 Å². The molecule has 2 aromatic carbocycles. The molecule has 0 aliphatic rings. The molecule has 0 atom stereocenters. The second kappa shape index (κ2) is 9.09. The van der Waals surface area contributed by atoms with Crippen LogP contribution < -0.4 is 16.4 Å². The molecule has 0 fully saturated rings. The summed E-state index contributed by atoms with van der Waals surface area (Å²) in [6.45, 7) is 5.58. The van der Waals surface area contributed by atoms with E-state index in [0.717, 1.165) is 16.7 Å². The average molecular weight is 500 g/mol. The lowest BCUT2D eigenvalue weighted by atomic mass is 10.0. The fraction of sp³-hybridized carbons (Fsp3) is 0.185. The van der Waals surface area contributed by atoms with E-state index < -0.39 is 5.91 Å². The number of benzene rings is 2. The normalized spacial score (nSPS) is 11.2. The Kier molecular flexibility index (Phi) is 5.93. The van der Waals surface area contributed by atoms with E-state index in [0.29, 0.717) is 21.6 Å². The third-order valence-electron chi connectivity index (χ3n) is 6.51. The first-order valence-electron chi connectivity index (χ1n) is 11.4. The van der Waals surface area contributed by atoms with Gasteiger partial charge in [-0.05, 0) is 49.6 Å². The molecule has 8 nitrogen and oxygen atoms in total. The molecule has 0 unspecified atom stereocenters. The van der Waals surface area contributed by atoms with E-state index >= 15 is 0 Å². The van der Waals surface area contributed by atoms with Gasteiger partial charge in [-0.3, -0.25) is 23.6 Å². The fourth-order valence-corrected chi connectivity index (χ4v) is 5.15. The van der Waals surface area contributed by atoms with E-state index in [-0.39, 0.29) is 23.4 Å². The van der Waals surface area contributed by atoms with E-state index in [1.54, 1.807) is 18.7 Å². The minimum Gasteiger partial charge on any atom is -0.318 e. The van der Waals surface area contributed by atoms with Gasteiger partial charge >= 0.3 is 0 Å². The molecule has 9 heteroatoms. The summed E-state index contributed by atoms with van der Waals surface area (Å²) in [5.74, 6) is -0.479. The molecule has 0 saturated heterocycles. The van der Waals surface area contributed by atoms with Gasteiger partial charge in [0.15, 0.2) is 0 Å². The van der Waals surface area contributed by atoms with Gasteiger partial charge in [-0.25, -0.2) is 9.67 Å². The van der Waals surface area contributed by atoms with Gasteiger partial charge < -0.3 is 5.32 Å². The zero-order chi connectivity index (χ0) is 25.6. The Hall–Kier alpha value is -4.24. The van der Waals surface area contributed by atoms with Crippen LogP contribution in [0.25, 0.3) is 27.0 Å². The molecule has 5 aromatic rings. The van der Waals surface area contributed by atoms with Crippen molar-refractivity contribution in [2.45, 2.75) is 27.3 Å². The SMILES string of the molecule is Cc1ccc(-c2csc3ncn(CC(=O)Nc4c(C)n(C)n(-c5ccccc5)c4=O)c(=O)c23)cc1C. The summed E-state index contributed by atoms with van der Waals surface area (Å²) >= 11 is 1.40. The Labute approximate surface area is 211 Å². The molecule has 0 aliphatic heterocycles. The standard InChI is InChI=1S/C27H25N5O3S/c1-16-10-11-19(12-17(16)2)21-14-36-25-23(21)26(34)31(15-28-25)13-22(33)29-24-18(3)30(4)32(27(24)35)20-8-6-5-7-9-20/h5-12,14-15H,13H2,1-4H3,(H,29,33). The molecular formula is C27H25N5O3S. The first-order valence-corrected chi connectivity index (χ1v) is 12.3. The Balaban J connectivity index is 1.47. The molecule has 3 aromatic heterocycles. The van der Waals surface area contributed by atoms with Crippen LogP contribution in [0, 0.1) is 20.8 Å². The van der Waals surface area contributed by atoms with Crippen molar-refractivity contribution in [3.8, 4) is 16.8 Å². The summed E-state index contributed by atoms with van der Waals surface area (Å²) in [6, 6.07) is 15.3. The summed E-state index contributed by atoms with van der Waals surface area (Å²) in [4.78, 5) is 44.5. The Morgan fingerprint density at radius 2 is 1.75 bits per heavy atom. The van der Waals surface area contributed by atoms with Crippen LogP contribution in [-0.2, 0) is 18.4 Å². The lowest BCUT2D eigenvalue weighted by Gasteiger charge is -2.08. The summed E-state index contributed by atoms with van der Waals surface area (Å²) in [5.41, 5.74) is 4.88. The highest BCUT2D eigenvalue weighted by atomic mass is 32.1. The van der Waals surface area contributed by atoms with Gasteiger partial charge in [0.2, 0.25) is 5.91 Å². The summed E-state index contributed by atoms with van der Waals surface area (Å²) in [7, 11) is 1.76. The van der Waals surface area contributed by atoms with E-state index in [9.17, 15) is 14.4 Å². The van der Waals surface area contributed by atoms with Crippen molar-refractivity contribution >= 4 is 33.1 Å². The van der Waals surface area contributed by atoms with E-state index in [1.807, 2.05) is 61.7 Å². The molecule has 0 spiro atoms. The van der Waals surface area contributed by atoms with Crippen molar-refractivity contribution in [1.29, 1.82) is 0 Å². The molecule has 0 radical (unpaired) electrons. The maximum absolute atomic E-state index is 13.4. The van der Waals surface area contributed by atoms with Crippen molar-refractivity contribution in [3.05, 3.63) is 97.8 Å². The number of fused-ring (bicyclic) bond motifs is 1. The number of nitrogens with one attached hydrogen (secondary N) is 1. The second-order valence-corrected chi connectivity index (χ2v) is 9.65. The first-order chi connectivity index (χ1) is 17.3. The van der Waals surface area contributed by atoms with Crippen LogP contribution in [0.5, 0.6) is 0 Å². The van der Waals surface area contributed by atoms with Crippen molar-refractivity contribution in [2.24, 2.45) is 7.05 Å². The number of thiophene rings is 1. The van der Waals surface area contributed by atoms with Crippen LogP contribution in [0.15, 0.2) is 69.8 Å². The Morgan fingerprint density at radius 1 is 1.00 bits per heavy atom. The molecule has 182 valence electrons. The maximum Gasteiger partial charge on any atom is 0.295 e. The topological polar surface area (TPSA) is 90.9 Å². The summed E-state index contributed by atoms with van der Waals surface area (Å²) in [6.07, 6.45) is 1.38. The lowest BCUT2D eigenvalue weighted by molar-refractivity contribution is -0.116. The fourth-order valence-electron chi connectivity index (χ4n) is 4.25. The number of amides is 1. The third kappa shape index (κ3) is 3.97. The maximum atomic E-state index is 13.4. The van der Waals surface area contributed by atoms with Gasteiger partial charge in [-0.1, -0.05) is 36.4 Å². The number of aromatic nitrogens is 4. The first kappa shape index (κ1) is 23.5. The van der Waals surface area contributed by atoms with Gasteiger partial charge in [0, 0.05) is 18.0 Å². The molecule has 0 aliphatic carbocycles. The van der Waals surface area contributed by atoms with Crippen molar-refractivity contribution in [3.63, 3.8) is 0 Å². The zero-order valence-electron chi connectivity index (χ0n) is 20.4. The second-order valence-electron chi connectivity index (χ2n) is 8.79. The van der Waals surface area contributed by atoms with Gasteiger partial charge in [0.25, 0.3) is 11.1 Å². The Morgan fingerprint density at radius 3 is 2.47 bits per heavy atom. The smallest absolute Gasteiger partial charge is 0.295 e. The quantitative estimate of drug-likeness (QED) is 0.393. The van der Waals surface area contributed by atoms with E-state index in [2.05, 4.69) is 16.4 Å². The monoisotopic (exact) mass is 499 g/mol. The van der Waals surface area contributed by atoms with Crippen molar-refractivity contribution in [2.75, 3.05) is 5.32 Å². The highest BCUT2D eigenvalue weighted by Crippen LogP contribution is 2.31. The largest absolute Gasteiger partial charge is 0.318 e. The molecular weight excluding hydrogens is 474 g/mol. The average Bonchev–Trinajstić information content (AvgIpc) is 3.39. The molecule has 1 N–H and O–H groups in total. The van der Waals surface area contributed by atoms with E-state index in [1.165, 1.54) is 32.5 Å². The van der Waals surface area contributed by atoms with Crippen LogP contribution >= 0.6 is 11.3 Å². The lowest BCUT2D eigenvalue weighted by Crippen LogP contribution is -2.29. The minimum absolute atomic E-state index is 0.180. The van der Waals surface area contributed by atoms with Crippen LogP contribution in [0.2, 0.25) is 0 Å². The summed E-state index contributed by atoms with van der Waals surface area (Å²) < 4.78 is 4.46. The van der Waals surface area contributed by atoms with Crippen molar-refractivity contribution < 1.29 is 4.79 Å². The van der Waals surface area contributed by atoms with Gasteiger partial charge in [-0.15, -0.1) is 11.3 Å². The predicted octanol–water partition coefficient (Wildman–Crippen LogP) is 4.18. The van der Waals surface area contributed by atoms with Gasteiger partial charge in [-0.2, -0.15) is 0 Å². The van der Waals surface area contributed by atoms with Crippen LogP contribution in [0.4, 0.5) is 5.69 Å². The molecule has 5 rings (SSSR count). The number of carbonyl (C=O) groups is 1. The number of rotatable bonds is 5. The van der Waals surface area contributed by atoms with Crippen molar-refractivity contribution in [1.82, 2.24) is 18.9 Å². The number of anilines is 1. The zero-order valence-corrected chi connectivity index (χ0v) is 21.2. The van der Waals surface area contributed by atoms with Gasteiger partial charge in [0.05, 0.1) is 23.1 Å². The predicted molar refractivity (Wildman–Crippen MR) is 143 cm³/mol. The van der Waals surface area contributed by atoms with Gasteiger partial charge in [0.1, 0.15) is 17.1 Å². The summed E-state index contributed by atoms with van der Waals surface area (Å²) in [5, 5.41) is 5.12. The highest BCUT2D eigenvalue weighted by Gasteiger charge is 2.20. The number of hydrogen-bond acceptors (Lipinski definition) is 5. The third-order valence-corrected chi connectivity index (χ3v) is 7.40. The Bertz CT molecular complexity index is 1740. The molecule has 36 heavy (non-hydrogen) atoms. The molecule has 3 heterocycles. The highest BCUT2D eigenvalue weighted by molar-refractivity contribution is 7.17. The molecule has 0 bridgehead atoms. The number of para-hydroxylation sites is 1. The van der Waals surface area contributed by atoms with Crippen LogP contribution in [0.3, 0.4) is 0 Å². The minimum atomic E-state index is -0.479. The number of aryl methyl sites for hydroxylation is 2. The molecule has 0 saturated carbocycles. The molecule has 1 amide bonds. The van der Waals surface area contributed by atoms with Crippen LogP contribution in [-0.4, -0.2) is 24.8 Å². The number of hydrogen-bond donors (Lipinski definition) is 1.